The smallest absolute Gasteiger partial charge is 0.512 e. The molecule has 0 unspecified atom stereocenters. The van der Waals surface area contributed by atoms with Crippen LogP contribution in [0.25, 0.3) is 0 Å². The molecule has 0 aliphatic heterocycles. The first kappa shape index (κ1) is 10.0. The van der Waals surface area contributed by atoms with Crippen LogP contribution in [0.2, 0.25) is 0 Å². The van der Waals surface area contributed by atoms with E-state index >= 15 is 0 Å². The number of rotatable bonds is 5. The van der Waals surface area contributed by atoms with Crippen molar-refractivity contribution < 1.29 is 8.85 Å². The van der Waals surface area contributed by atoms with E-state index in [0.717, 1.165) is 0 Å². The molecule has 0 aromatic rings. The minimum Gasteiger partial charge on any atom is -0.512 e. The first-order valence-electron chi connectivity index (χ1n) is 3.22. The van der Waals surface area contributed by atoms with Gasteiger partial charge >= 0.3 is 9.28 Å². The van der Waals surface area contributed by atoms with Gasteiger partial charge in [-0.25, -0.2) is 0 Å². The molecule has 61 valence electrons. The molecular weight excluding hydrogens is 156 g/mol. The van der Waals surface area contributed by atoms with Gasteiger partial charge in [0.2, 0.25) is 0 Å². The van der Waals surface area contributed by atoms with E-state index in [1.807, 2.05) is 0 Å². The molecule has 0 rings (SSSR count). The van der Waals surface area contributed by atoms with Crippen LogP contribution in [0.5, 0.6) is 0 Å². The number of hydrogen-bond acceptors (Lipinski definition) is 2. The van der Waals surface area contributed by atoms with Gasteiger partial charge in [-0.05, 0) is 19.5 Å². The van der Waals surface area contributed by atoms with E-state index in [9.17, 15) is 0 Å². The summed E-state index contributed by atoms with van der Waals surface area (Å²) < 4.78 is 10.4. The Morgan fingerprint density at radius 1 is 1.18 bits per heavy atom. The third-order valence-electron chi connectivity index (χ3n) is 0.716. The normalized spacial score (nSPS) is 9.00. The highest BCUT2D eigenvalue weighted by atomic mass is 28.3. The monoisotopic (exact) mass is 169 g/mol. The Bertz CT molecular complexity index is 159. The lowest BCUT2D eigenvalue weighted by Crippen LogP contribution is -2.17. The van der Waals surface area contributed by atoms with E-state index in [1.54, 1.807) is 19.5 Å². The zero-order chi connectivity index (χ0) is 8.85. The fraction of sp³-hybridized carbons (Fsp3) is 0.250. The molecule has 0 fully saturated rings. The van der Waals surface area contributed by atoms with Crippen LogP contribution in [0, 0.1) is 0 Å². The maximum atomic E-state index is 5.22. The molecule has 0 aliphatic rings. The van der Waals surface area contributed by atoms with Crippen molar-refractivity contribution >= 4 is 9.28 Å². The van der Waals surface area contributed by atoms with Crippen LogP contribution in [0.4, 0.5) is 0 Å². The average Bonchev–Trinajstić information content (AvgIpc) is 1.84. The molecule has 0 aliphatic carbocycles. The van der Waals surface area contributed by atoms with Crippen molar-refractivity contribution in [3.63, 3.8) is 0 Å². The van der Waals surface area contributed by atoms with Gasteiger partial charge in [-0.15, -0.1) is 6.58 Å². The van der Waals surface area contributed by atoms with Gasteiger partial charge in [-0.2, -0.15) is 0 Å². The molecule has 0 saturated carbocycles. The summed E-state index contributed by atoms with van der Waals surface area (Å²) in [6, 6.07) is 0. The van der Waals surface area contributed by atoms with Gasteiger partial charge in [0.1, 0.15) is 0 Å². The van der Waals surface area contributed by atoms with Crippen molar-refractivity contribution in [2.45, 2.75) is 13.8 Å². The molecule has 0 aromatic carbocycles. The van der Waals surface area contributed by atoms with Gasteiger partial charge in [0.05, 0.1) is 11.5 Å². The molecular formula is C8H13O2Si. The maximum absolute atomic E-state index is 5.22. The molecule has 0 atom stereocenters. The van der Waals surface area contributed by atoms with Crippen molar-refractivity contribution in [1.29, 1.82) is 0 Å². The van der Waals surface area contributed by atoms with Crippen molar-refractivity contribution in [3.05, 3.63) is 37.0 Å². The van der Waals surface area contributed by atoms with Gasteiger partial charge in [0.15, 0.2) is 0 Å². The highest BCUT2D eigenvalue weighted by molar-refractivity contribution is 6.51. The van der Waals surface area contributed by atoms with Crippen LogP contribution in [-0.4, -0.2) is 9.28 Å². The summed E-state index contributed by atoms with van der Waals surface area (Å²) in [5.41, 5.74) is 1.65. The Morgan fingerprint density at radius 3 is 1.73 bits per heavy atom. The topological polar surface area (TPSA) is 18.5 Å². The predicted molar refractivity (Wildman–Crippen MR) is 47.7 cm³/mol. The van der Waals surface area contributed by atoms with E-state index < -0.39 is 9.28 Å². The second kappa shape index (κ2) is 4.79. The zero-order valence-corrected chi connectivity index (χ0v) is 8.02. The molecule has 1 radical (unpaired) electrons. The summed E-state index contributed by atoms with van der Waals surface area (Å²) in [6.07, 6.45) is 0. The first-order chi connectivity index (χ1) is 5.06. The average molecular weight is 169 g/mol. The Hall–Kier alpha value is -0.963. The summed E-state index contributed by atoms with van der Waals surface area (Å²) in [7, 11) is -1.42. The van der Waals surface area contributed by atoms with Crippen LogP contribution >= 0.6 is 0 Å². The Labute approximate surface area is 69.7 Å². The second-order valence-electron chi connectivity index (χ2n) is 2.13. The van der Waals surface area contributed by atoms with E-state index in [1.165, 1.54) is 0 Å². The molecule has 0 heterocycles. The number of allylic oxidation sites excluding steroid dienone is 2. The lowest BCUT2D eigenvalue weighted by molar-refractivity contribution is 0.310. The van der Waals surface area contributed by atoms with Crippen LogP contribution in [-0.2, 0) is 8.85 Å². The summed E-state index contributed by atoms with van der Waals surface area (Å²) in [4.78, 5) is 0. The molecule has 0 saturated heterocycles. The Kier molecular flexibility index (Phi) is 4.37. The molecule has 0 N–H and O–H groups in total. The lowest BCUT2D eigenvalue weighted by Gasteiger charge is -2.12. The van der Waals surface area contributed by atoms with Crippen molar-refractivity contribution in [3.8, 4) is 0 Å². The fourth-order valence-corrected chi connectivity index (χ4v) is 1.34. The molecule has 2 nitrogen and oxygen atoms in total. The minimum atomic E-state index is -1.42. The number of hydrogen-bond donors (Lipinski definition) is 0. The molecule has 0 amide bonds. The quantitative estimate of drug-likeness (QED) is 0.464. The van der Waals surface area contributed by atoms with Crippen molar-refractivity contribution in [2.24, 2.45) is 0 Å². The minimum absolute atomic E-state index is 0.639. The standard InChI is InChI=1S/C8H13O2Si/c1-6-11(9-7(2)3)10-8(4)5/h6H,1-2,4H2,3,5H3. The van der Waals surface area contributed by atoms with E-state index in [-0.39, 0.29) is 0 Å². The van der Waals surface area contributed by atoms with E-state index in [2.05, 4.69) is 19.7 Å². The first-order valence-corrected chi connectivity index (χ1v) is 4.61. The molecule has 0 spiro atoms. The largest absolute Gasteiger partial charge is 0.563 e. The predicted octanol–water partition coefficient (Wildman–Crippen LogP) is 2.30. The summed E-state index contributed by atoms with van der Waals surface area (Å²) in [6.45, 7) is 14.3. The highest BCUT2D eigenvalue weighted by Gasteiger charge is 2.13. The summed E-state index contributed by atoms with van der Waals surface area (Å²) in [5.74, 6) is 1.28. The van der Waals surface area contributed by atoms with Gasteiger partial charge in [-0.1, -0.05) is 13.2 Å². The molecule has 0 bridgehead atoms. The van der Waals surface area contributed by atoms with Crippen LogP contribution in [0.1, 0.15) is 13.8 Å². The third-order valence-corrected chi connectivity index (χ3v) is 2.15. The van der Waals surface area contributed by atoms with Gasteiger partial charge in [0, 0.05) is 0 Å². The Balaban J connectivity index is 3.85. The summed E-state index contributed by atoms with van der Waals surface area (Å²) in [5, 5.41) is 0. The van der Waals surface area contributed by atoms with Crippen LogP contribution in [0.15, 0.2) is 37.0 Å². The summed E-state index contributed by atoms with van der Waals surface area (Å²) >= 11 is 0. The maximum Gasteiger partial charge on any atom is 0.563 e. The van der Waals surface area contributed by atoms with Gasteiger partial charge in [0.25, 0.3) is 0 Å². The fourth-order valence-electron chi connectivity index (χ4n) is 0.448. The molecule has 3 heteroatoms. The second-order valence-corrected chi connectivity index (χ2v) is 3.59. The van der Waals surface area contributed by atoms with Crippen LogP contribution < -0.4 is 0 Å². The van der Waals surface area contributed by atoms with Gasteiger partial charge < -0.3 is 8.85 Å². The lowest BCUT2D eigenvalue weighted by atomic mass is 10.7. The van der Waals surface area contributed by atoms with Crippen LogP contribution in [0.3, 0.4) is 0 Å². The van der Waals surface area contributed by atoms with Crippen molar-refractivity contribution in [1.82, 2.24) is 0 Å². The zero-order valence-electron chi connectivity index (χ0n) is 7.02. The molecule has 0 aromatic heterocycles. The Morgan fingerprint density at radius 2 is 1.55 bits per heavy atom. The van der Waals surface area contributed by atoms with E-state index in [0.29, 0.717) is 11.5 Å². The highest BCUT2D eigenvalue weighted by Crippen LogP contribution is 2.02. The van der Waals surface area contributed by atoms with E-state index in [4.69, 9.17) is 8.85 Å². The van der Waals surface area contributed by atoms with Crippen molar-refractivity contribution in [2.75, 3.05) is 0 Å². The van der Waals surface area contributed by atoms with Gasteiger partial charge in [-0.3, -0.25) is 0 Å². The third kappa shape index (κ3) is 5.48. The SMILES string of the molecule is C=C[Si](OC(=C)C)OC(=C)C. The molecule has 11 heavy (non-hydrogen) atoms.